The zero-order valence-corrected chi connectivity index (χ0v) is 9.20. The van der Waals surface area contributed by atoms with Crippen molar-refractivity contribution in [2.45, 2.75) is 38.7 Å². The number of benzene rings is 1. The van der Waals surface area contributed by atoms with Crippen molar-refractivity contribution >= 4 is 0 Å². The summed E-state index contributed by atoms with van der Waals surface area (Å²) in [7, 11) is 0. The van der Waals surface area contributed by atoms with Crippen LogP contribution in [0.3, 0.4) is 0 Å². The van der Waals surface area contributed by atoms with Gasteiger partial charge >= 0.3 is 0 Å². The van der Waals surface area contributed by atoms with E-state index in [1.165, 1.54) is 24.0 Å². The Balaban J connectivity index is 2.18. The molecule has 0 spiro atoms. The molecule has 0 aliphatic carbocycles. The highest BCUT2D eigenvalue weighted by Gasteiger charge is 2.20. The van der Waals surface area contributed by atoms with Crippen LogP contribution in [0.25, 0.3) is 0 Å². The third kappa shape index (κ3) is 2.32. The molecule has 2 nitrogen and oxygen atoms in total. The Bertz CT molecular complexity index is 333. The summed E-state index contributed by atoms with van der Waals surface area (Å²) in [6, 6.07) is 5.63. The van der Waals surface area contributed by atoms with Crippen molar-refractivity contribution in [3.63, 3.8) is 0 Å². The van der Waals surface area contributed by atoms with E-state index in [0.717, 1.165) is 19.4 Å². The normalized spacial score (nSPS) is 19.9. The highest BCUT2D eigenvalue weighted by molar-refractivity contribution is 5.37. The molecule has 2 rings (SSSR count). The number of aromatic hydroxyl groups is 1. The van der Waals surface area contributed by atoms with Crippen LogP contribution < -0.4 is 0 Å². The third-order valence-electron chi connectivity index (χ3n) is 2.98. The summed E-state index contributed by atoms with van der Waals surface area (Å²) < 4.78 is 5.76. The van der Waals surface area contributed by atoms with Crippen LogP contribution in [0, 0.1) is 0 Å². The van der Waals surface area contributed by atoms with E-state index >= 15 is 0 Å². The van der Waals surface area contributed by atoms with Gasteiger partial charge in [-0.05, 0) is 36.1 Å². The second-order valence-electron chi connectivity index (χ2n) is 4.13. The first kappa shape index (κ1) is 10.5. The second kappa shape index (κ2) is 4.67. The molecule has 0 bridgehead atoms. The summed E-state index contributed by atoms with van der Waals surface area (Å²) in [5.74, 6) is 0.366. The van der Waals surface area contributed by atoms with Crippen molar-refractivity contribution in [2.75, 3.05) is 6.61 Å². The average Bonchev–Trinajstić information content (AvgIpc) is 2.25. The molecule has 0 saturated heterocycles. The minimum Gasteiger partial charge on any atom is -0.508 e. The van der Waals surface area contributed by atoms with Crippen LogP contribution in [0.1, 0.15) is 43.4 Å². The van der Waals surface area contributed by atoms with Crippen LogP contribution in [0.4, 0.5) is 0 Å². The summed E-state index contributed by atoms with van der Waals surface area (Å²) in [4.78, 5) is 0. The Morgan fingerprint density at radius 2 is 2.33 bits per heavy atom. The number of unbranched alkanes of at least 4 members (excludes halogenated alkanes) is 1. The molecule has 1 aromatic carbocycles. The van der Waals surface area contributed by atoms with Crippen LogP contribution >= 0.6 is 0 Å². The Morgan fingerprint density at radius 1 is 1.47 bits per heavy atom. The molecule has 0 fully saturated rings. The summed E-state index contributed by atoms with van der Waals surface area (Å²) in [5.41, 5.74) is 2.52. The topological polar surface area (TPSA) is 29.5 Å². The van der Waals surface area contributed by atoms with Gasteiger partial charge in [0.1, 0.15) is 5.75 Å². The number of phenols is 1. The van der Waals surface area contributed by atoms with Gasteiger partial charge in [0.15, 0.2) is 0 Å². The minimum atomic E-state index is 0.245. The standard InChI is InChI=1S/C13H18O2/c1-2-3-4-13-12-6-5-11(14)9-10(12)7-8-15-13/h5-6,9,13-14H,2-4,7-8H2,1H3/t13-/m0/s1. The van der Waals surface area contributed by atoms with Gasteiger partial charge in [-0.3, -0.25) is 0 Å². The van der Waals surface area contributed by atoms with Gasteiger partial charge in [-0.25, -0.2) is 0 Å². The third-order valence-corrected chi connectivity index (χ3v) is 2.98. The Labute approximate surface area is 90.9 Å². The molecule has 1 aliphatic rings. The molecule has 0 saturated carbocycles. The van der Waals surface area contributed by atoms with E-state index < -0.39 is 0 Å². The fourth-order valence-corrected chi connectivity index (χ4v) is 2.15. The summed E-state index contributed by atoms with van der Waals surface area (Å²) in [6.45, 7) is 2.98. The SMILES string of the molecule is CCCC[C@@H]1OCCc2cc(O)ccc21. The lowest BCUT2D eigenvalue weighted by Crippen LogP contribution is -2.16. The van der Waals surface area contributed by atoms with Crippen LogP contribution in [0.5, 0.6) is 5.75 Å². The van der Waals surface area contributed by atoms with Gasteiger partial charge in [0.25, 0.3) is 0 Å². The van der Waals surface area contributed by atoms with Crippen molar-refractivity contribution < 1.29 is 9.84 Å². The van der Waals surface area contributed by atoms with Gasteiger partial charge in [-0.1, -0.05) is 25.8 Å². The summed E-state index contributed by atoms with van der Waals surface area (Å²) in [6.07, 6.45) is 4.66. The number of ether oxygens (including phenoxy) is 1. The number of hydrogen-bond acceptors (Lipinski definition) is 2. The molecule has 15 heavy (non-hydrogen) atoms. The quantitative estimate of drug-likeness (QED) is 0.823. The summed E-state index contributed by atoms with van der Waals surface area (Å²) >= 11 is 0. The fourth-order valence-electron chi connectivity index (χ4n) is 2.15. The molecule has 1 heterocycles. The van der Waals surface area contributed by atoms with E-state index in [2.05, 4.69) is 6.92 Å². The molecule has 82 valence electrons. The van der Waals surface area contributed by atoms with Gasteiger partial charge in [0.2, 0.25) is 0 Å². The molecule has 1 aliphatic heterocycles. The van der Waals surface area contributed by atoms with Crippen molar-refractivity contribution in [1.29, 1.82) is 0 Å². The monoisotopic (exact) mass is 206 g/mol. The van der Waals surface area contributed by atoms with E-state index in [-0.39, 0.29) is 6.10 Å². The first-order valence-electron chi connectivity index (χ1n) is 5.74. The Hall–Kier alpha value is -1.02. The number of phenolic OH excluding ortho intramolecular Hbond substituents is 1. The molecule has 2 heteroatoms. The smallest absolute Gasteiger partial charge is 0.115 e. The molecule has 0 aromatic heterocycles. The predicted molar refractivity (Wildman–Crippen MR) is 60.0 cm³/mol. The zero-order valence-electron chi connectivity index (χ0n) is 9.20. The lowest BCUT2D eigenvalue weighted by atomic mass is 9.94. The van der Waals surface area contributed by atoms with Gasteiger partial charge in [-0.15, -0.1) is 0 Å². The van der Waals surface area contributed by atoms with Crippen molar-refractivity contribution in [1.82, 2.24) is 0 Å². The van der Waals surface area contributed by atoms with E-state index in [4.69, 9.17) is 4.74 Å². The van der Waals surface area contributed by atoms with Gasteiger partial charge in [-0.2, -0.15) is 0 Å². The molecule has 0 radical (unpaired) electrons. The highest BCUT2D eigenvalue weighted by Crippen LogP contribution is 2.32. The first-order valence-corrected chi connectivity index (χ1v) is 5.74. The molecule has 1 N–H and O–H groups in total. The van der Waals surface area contributed by atoms with Crippen LogP contribution in [-0.4, -0.2) is 11.7 Å². The summed E-state index contributed by atoms with van der Waals surface area (Å²) in [5, 5.41) is 9.41. The number of fused-ring (bicyclic) bond motifs is 1. The molecule has 0 amide bonds. The van der Waals surface area contributed by atoms with Crippen LogP contribution in [-0.2, 0) is 11.2 Å². The lowest BCUT2D eigenvalue weighted by molar-refractivity contribution is 0.0350. The Morgan fingerprint density at radius 3 is 3.13 bits per heavy atom. The molecule has 1 atom stereocenters. The Kier molecular flexibility index (Phi) is 3.27. The molecule has 0 unspecified atom stereocenters. The largest absolute Gasteiger partial charge is 0.508 e. The van der Waals surface area contributed by atoms with Crippen LogP contribution in [0.2, 0.25) is 0 Å². The molecular formula is C13H18O2. The maximum absolute atomic E-state index is 9.41. The molecular weight excluding hydrogens is 188 g/mol. The maximum Gasteiger partial charge on any atom is 0.115 e. The second-order valence-corrected chi connectivity index (χ2v) is 4.13. The highest BCUT2D eigenvalue weighted by atomic mass is 16.5. The number of hydrogen-bond donors (Lipinski definition) is 1. The first-order chi connectivity index (χ1) is 7.31. The minimum absolute atomic E-state index is 0.245. The predicted octanol–water partition coefficient (Wildman–Crippen LogP) is 3.20. The van der Waals surface area contributed by atoms with Gasteiger partial charge in [0.05, 0.1) is 12.7 Å². The van der Waals surface area contributed by atoms with E-state index in [9.17, 15) is 5.11 Å². The van der Waals surface area contributed by atoms with Gasteiger partial charge in [0, 0.05) is 0 Å². The zero-order chi connectivity index (χ0) is 10.7. The van der Waals surface area contributed by atoms with Crippen molar-refractivity contribution in [3.8, 4) is 5.75 Å². The fraction of sp³-hybridized carbons (Fsp3) is 0.538. The van der Waals surface area contributed by atoms with E-state index in [1.807, 2.05) is 12.1 Å². The average molecular weight is 206 g/mol. The maximum atomic E-state index is 9.41. The van der Waals surface area contributed by atoms with E-state index in [1.54, 1.807) is 6.07 Å². The van der Waals surface area contributed by atoms with Crippen LogP contribution in [0.15, 0.2) is 18.2 Å². The molecule has 1 aromatic rings. The van der Waals surface area contributed by atoms with Crippen molar-refractivity contribution in [3.05, 3.63) is 29.3 Å². The van der Waals surface area contributed by atoms with E-state index in [0.29, 0.717) is 5.75 Å². The van der Waals surface area contributed by atoms with Gasteiger partial charge < -0.3 is 9.84 Å². The van der Waals surface area contributed by atoms with Crippen molar-refractivity contribution in [2.24, 2.45) is 0 Å². The lowest BCUT2D eigenvalue weighted by Gasteiger charge is -2.26. The number of rotatable bonds is 3.